The van der Waals surface area contributed by atoms with Gasteiger partial charge in [0.15, 0.2) is 0 Å². The van der Waals surface area contributed by atoms with Gasteiger partial charge in [0.25, 0.3) is 5.69 Å². The van der Waals surface area contributed by atoms with Crippen molar-refractivity contribution in [2.75, 3.05) is 5.75 Å². The number of amides is 1. The number of aromatic nitrogens is 1. The third kappa shape index (κ3) is 5.26. The van der Waals surface area contributed by atoms with E-state index in [4.69, 9.17) is 0 Å². The standard InChI is InChI=1S/C15H15N3O4S/c19-14-5-4-13(18(21)22)7-11(14)8-17-15(20)10-23-9-12-3-1-2-6-16-12/h1-7,19H,8-10H2,(H,17,20). The number of nitrogens with one attached hydrogen (secondary N) is 1. The minimum atomic E-state index is -0.548. The van der Waals surface area contributed by atoms with E-state index in [0.29, 0.717) is 11.3 Å². The van der Waals surface area contributed by atoms with E-state index < -0.39 is 4.92 Å². The van der Waals surface area contributed by atoms with Gasteiger partial charge < -0.3 is 10.4 Å². The molecular formula is C15H15N3O4S. The molecule has 1 aromatic heterocycles. The maximum absolute atomic E-state index is 11.8. The van der Waals surface area contributed by atoms with E-state index in [1.54, 1.807) is 6.20 Å². The Morgan fingerprint density at radius 1 is 1.35 bits per heavy atom. The second kappa shape index (κ2) is 8.14. The number of hydrogen-bond donors (Lipinski definition) is 2. The lowest BCUT2D eigenvalue weighted by molar-refractivity contribution is -0.384. The summed E-state index contributed by atoms with van der Waals surface area (Å²) < 4.78 is 0. The number of thioether (sulfide) groups is 1. The minimum Gasteiger partial charge on any atom is -0.508 e. The van der Waals surface area contributed by atoms with Crippen LogP contribution in [0.5, 0.6) is 5.75 Å². The van der Waals surface area contributed by atoms with E-state index in [2.05, 4.69) is 10.3 Å². The van der Waals surface area contributed by atoms with Gasteiger partial charge in [0.2, 0.25) is 5.91 Å². The molecule has 0 spiro atoms. The lowest BCUT2D eigenvalue weighted by Gasteiger charge is -2.07. The Kier molecular flexibility index (Phi) is 5.93. The first kappa shape index (κ1) is 16.8. The summed E-state index contributed by atoms with van der Waals surface area (Å²) in [5, 5.41) is 23.0. The number of carbonyl (C=O) groups excluding carboxylic acids is 1. The number of nitrogens with zero attached hydrogens (tertiary/aromatic N) is 2. The van der Waals surface area contributed by atoms with Gasteiger partial charge in [-0.25, -0.2) is 0 Å². The second-order valence-electron chi connectivity index (χ2n) is 4.66. The molecule has 2 rings (SSSR count). The fourth-order valence-corrected chi connectivity index (χ4v) is 2.57. The highest BCUT2D eigenvalue weighted by Gasteiger charge is 2.11. The first-order valence-electron chi connectivity index (χ1n) is 6.77. The predicted molar refractivity (Wildman–Crippen MR) is 87.0 cm³/mol. The van der Waals surface area contributed by atoms with Gasteiger partial charge in [-0.2, -0.15) is 0 Å². The van der Waals surface area contributed by atoms with Crippen molar-refractivity contribution >= 4 is 23.4 Å². The topological polar surface area (TPSA) is 105 Å². The van der Waals surface area contributed by atoms with E-state index >= 15 is 0 Å². The van der Waals surface area contributed by atoms with Gasteiger partial charge in [0, 0.05) is 36.2 Å². The largest absolute Gasteiger partial charge is 0.508 e. The highest BCUT2D eigenvalue weighted by atomic mass is 32.2. The van der Waals surface area contributed by atoms with E-state index in [1.165, 1.54) is 30.0 Å². The number of phenols is 1. The van der Waals surface area contributed by atoms with E-state index in [9.17, 15) is 20.0 Å². The second-order valence-corrected chi connectivity index (χ2v) is 5.65. The monoisotopic (exact) mass is 333 g/mol. The maximum atomic E-state index is 11.8. The SMILES string of the molecule is O=C(CSCc1ccccn1)NCc1cc([N+](=O)[O-])ccc1O. The Bertz CT molecular complexity index is 694. The molecule has 1 aromatic carbocycles. The number of rotatable bonds is 7. The summed E-state index contributed by atoms with van der Waals surface area (Å²) in [6.45, 7) is 0.0382. The van der Waals surface area contributed by atoms with Crippen molar-refractivity contribution in [3.63, 3.8) is 0 Å². The molecule has 7 nitrogen and oxygen atoms in total. The highest BCUT2D eigenvalue weighted by molar-refractivity contribution is 7.99. The normalized spacial score (nSPS) is 10.3. The van der Waals surface area contributed by atoms with Crippen LogP contribution in [0.15, 0.2) is 42.6 Å². The predicted octanol–water partition coefficient (Wildman–Crippen LogP) is 2.25. The van der Waals surface area contributed by atoms with Crippen LogP contribution in [0, 0.1) is 10.1 Å². The first-order chi connectivity index (χ1) is 11.1. The van der Waals surface area contributed by atoms with Crippen LogP contribution in [-0.2, 0) is 17.1 Å². The summed E-state index contributed by atoms with van der Waals surface area (Å²) in [6, 6.07) is 9.29. The summed E-state index contributed by atoms with van der Waals surface area (Å²) in [5.41, 5.74) is 1.07. The maximum Gasteiger partial charge on any atom is 0.270 e. The van der Waals surface area contributed by atoms with Crippen LogP contribution in [-0.4, -0.2) is 26.7 Å². The first-order valence-corrected chi connectivity index (χ1v) is 7.92. The average molecular weight is 333 g/mol. The molecule has 2 N–H and O–H groups in total. The molecule has 8 heteroatoms. The molecule has 0 aliphatic rings. The summed E-state index contributed by atoms with van der Waals surface area (Å²) in [7, 11) is 0. The highest BCUT2D eigenvalue weighted by Crippen LogP contribution is 2.22. The smallest absolute Gasteiger partial charge is 0.270 e. The molecular weight excluding hydrogens is 318 g/mol. The van der Waals surface area contributed by atoms with Gasteiger partial charge in [0.1, 0.15) is 5.75 Å². The molecule has 120 valence electrons. The number of carbonyl (C=O) groups is 1. The fourth-order valence-electron chi connectivity index (χ4n) is 1.80. The van der Waals surface area contributed by atoms with Crippen molar-refractivity contribution in [1.29, 1.82) is 0 Å². The van der Waals surface area contributed by atoms with Crippen LogP contribution in [0.3, 0.4) is 0 Å². The molecule has 0 saturated carbocycles. The van der Waals surface area contributed by atoms with Crippen molar-refractivity contribution in [3.8, 4) is 5.75 Å². The number of phenolic OH excluding ortho intramolecular Hbond substituents is 1. The Labute approximate surface area is 136 Å². The molecule has 0 aliphatic carbocycles. The minimum absolute atomic E-state index is 0.0382. The number of hydrogen-bond acceptors (Lipinski definition) is 6. The van der Waals surface area contributed by atoms with Gasteiger partial charge in [-0.05, 0) is 18.2 Å². The number of nitro benzene ring substituents is 1. The molecule has 0 aliphatic heterocycles. The van der Waals surface area contributed by atoms with Gasteiger partial charge in [-0.1, -0.05) is 6.07 Å². The molecule has 23 heavy (non-hydrogen) atoms. The molecule has 1 heterocycles. The summed E-state index contributed by atoms with van der Waals surface area (Å²) in [5.74, 6) is 0.566. The molecule has 0 bridgehead atoms. The number of aromatic hydroxyl groups is 1. The Morgan fingerprint density at radius 3 is 2.87 bits per heavy atom. The van der Waals surface area contributed by atoms with Crippen LogP contribution < -0.4 is 5.32 Å². The Hall–Kier alpha value is -2.61. The lowest BCUT2D eigenvalue weighted by Crippen LogP contribution is -2.24. The zero-order valence-electron chi connectivity index (χ0n) is 12.1. The van der Waals surface area contributed by atoms with Crippen molar-refractivity contribution < 1.29 is 14.8 Å². The summed E-state index contributed by atoms with van der Waals surface area (Å²) >= 11 is 1.42. The Balaban J connectivity index is 1.80. The molecule has 0 unspecified atom stereocenters. The third-order valence-electron chi connectivity index (χ3n) is 2.96. The molecule has 1 amide bonds. The fraction of sp³-hybridized carbons (Fsp3) is 0.200. The molecule has 0 saturated heterocycles. The molecule has 0 radical (unpaired) electrons. The van der Waals surface area contributed by atoms with Gasteiger partial charge >= 0.3 is 0 Å². The number of nitro groups is 1. The van der Waals surface area contributed by atoms with Crippen LogP contribution in [0.1, 0.15) is 11.3 Å². The van der Waals surface area contributed by atoms with Crippen LogP contribution in [0.2, 0.25) is 0 Å². The van der Waals surface area contributed by atoms with E-state index in [1.807, 2.05) is 18.2 Å². The van der Waals surface area contributed by atoms with Crippen LogP contribution >= 0.6 is 11.8 Å². The lowest BCUT2D eigenvalue weighted by atomic mass is 10.2. The third-order valence-corrected chi connectivity index (χ3v) is 3.93. The number of benzene rings is 1. The zero-order valence-corrected chi connectivity index (χ0v) is 13.0. The van der Waals surface area contributed by atoms with E-state index in [-0.39, 0.29) is 29.6 Å². The van der Waals surface area contributed by atoms with Crippen molar-refractivity contribution in [3.05, 3.63) is 64.0 Å². The Morgan fingerprint density at radius 2 is 2.17 bits per heavy atom. The van der Waals surface area contributed by atoms with Crippen LogP contribution in [0.4, 0.5) is 5.69 Å². The van der Waals surface area contributed by atoms with Crippen LogP contribution in [0.25, 0.3) is 0 Å². The average Bonchev–Trinajstić information content (AvgIpc) is 2.55. The van der Waals surface area contributed by atoms with Gasteiger partial charge in [-0.3, -0.25) is 19.9 Å². The molecule has 0 atom stereocenters. The van der Waals surface area contributed by atoms with Crippen molar-refractivity contribution in [2.45, 2.75) is 12.3 Å². The van der Waals surface area contributed by atoms with Crippen molar-refractivity contribution in [1.82, 2.24) is 10.3 Å². The van der Waals surface area contributed by atoms with Crippen molar-refractivity contribution in [2.24, 2.45) is 0 Å². The molecule has 2 aromatic rings. The van der Waals surface area contributed by atoms with Gasteiger partial charge in [-0.15, -0.1) is 11.8 Å². The van der Waals surface area contributed by atoms with E-state index in [0.717, 1.165) is 5.69 Å². The summed E-state index contributed by atoms with van der Waals surface area (Å²) in [4.78, 5) is 26.1. The number of pyridine rings is 1. The quantitative estimate of drug-likeness (QED) is 0.595. The van der Waals surface area contributed by atoms with Gasteiger partial charge in [0.05, 0.1) is 16.4 Å². The zero-order chi connectivity index (χ0) is 16.7. The number of non-ortho nitro benzene ring substituents is 1. The summed E-state index contributed by atoms with van der Waals surface area (Å²) in [6.07, 6.45) is 1.70. The molecule has 0 fully saturated rings.